The van der Waals surface area contributed by atoms with Crippen LogP contribution < -0.4 is 0 Å². The first kappa shape index (κ1) is 10.8. The molecule has 0 atom stereocenters. The van der Waals surface area contributed by atoms with Crippen LogP contribution in [-0.2, 0) is 9.53 Å². The average molecular weight is 128 g/mol. The summed E-state index contributed by atoms with van der Waals surface area (Å²) in [5.41, 5.74) is 0. The summed E-state index contributed by atoms with van der Waals surface area (Å²) in [6, 6.07) is 0. The smallest absolute Gasteiger partial charge is 0.307 e. The fourth-order valence-corrected chi connectivity index (χ4v) is 0.117. The minimum Gasteiger partial charge on any atom is -0.435 e. The molecule has 0 aromatic heterocycles. The summed E-state index contributed by atoms with van der Waals surface area (Å²) in [7, 11) is 0. The number of allylic oxidation sites excluding steroid dienone is 1. The summed E-state index contributed by atoms with van der Waals surface area (Å²) < 4.78 is 4.17. The molecular weight excluding hydrogens is 116 g/mol. The zero-order chi connectivity index (χ0) is 7.70. The fraction of sp³-hybridized carbons (Fsp3) is 0.286. The zero-order valence-corrected chi connectivity index (χ0v) is 5.89. The van der Waals surface area contributed by atoms with Crippen LogP contribution >= 0.6 is 0 Å². The number of rotatable bonds is 1. The van der Waals surface area contributed by atoms with Crippen LogP contribution in [0.2, 0.25) is 0 Å². The van der Waals surface area contributed by atoms with E-state index >= 15 is 0 Å². The maximum absolute atomic E-state index is 9.75. The molecule has 0 aromatic carbocycles. The standard InChI is InChI=1S/C4H6O2.C3H6/c1-3-6-4(2)5;1-3-2/h3H,1H2,2H3;3H,1H2,2H3. The van der Waals surface area contributed by atoms with Crippen molar-refractivity contribution in [3.8, 4) is 0 Å². The van der Waals surface area contributed by atoms with Gasteiger partial charge in [0.2, 0.25) is 0 Å². The highest BCUT2D eigenvalue weighted by molar-refractivity contribution is 5.66. The van der Waals surface area contributed by atoms with Gasteiger partial charge in [0.15, 0.2) is 0 Å². The Morgan fingerprint density at radius 1 is 1.56 bits per heavy atom. The van der Waals surface area contributed by atoms with E-state index in [0.717, 1.165) is 6.26 Å². The highest BCUT2D eigenvalue weighted by Gasteiger charge is 1.79. The van der Waals surface area contributed by atoms with E-state index in [1.54, 1.807) is 6.08 Å². The number of esters is 1. The molecule has 0 bridgehead atoms. The van der Waals surface area contributed by atoms with E-state index in [0.29, 0.717) is 0 Å². The van der Waals surface area contributed by atoms with Gasteiger partial charge >= 0.3 is 5.97 Å². The van der Waals surface area contributed by atoms with Crippen LogP contribution in [0.3, 0.4) is 0 Å². The number of carbonyl (C=O) groups is 1. The van der Waals surface area contributed by atoms with Gasteiger partial charge in [-0.3, -0.25) is 4.79 Å². The van der Waals surface area contributed by atoms with Gasteiger partial charge in [0.1, 0.15) is 0 Å². The first-order chi connectivity index (χ1) is 4.18. The molecule has 0 radical (unpaired) electrons. The first-order valence-corrected chi connectivity index (χ1v) is 2.54. The second kappa shape index (κ2) is 10.0. The third kappa shape index (κ3) is 44.8. The summed E-state index contributed by atoms with van der Waals surface area (Å²) in [5.74, 6) is -0.329. The monoisotopic (exact) mass is 128 g/mol. The normalized spacial score (nSPS) is 6.00. The zero-order valence-electron chi connectivity index (χ0n) is 5.89. The van der Waals surface area contributed by atoms with E-state index in [1.165, 1.54) is 6.92 Å². The van der Waals surface area contributed by atoms with Gasteiger partial charge in [-0.1, -0.05) is 12.7 Å². The van der Waals surface area contributed by atoms with Crippen LogP contribution in [-0.4, -0.2) is 5.97 Å². The van der Waals surface area contributed by atoms with Crippen molar-refractivity contribution in [3.63, 3.8) is 0 Å². The third-order valence-electron chi connectivity index (χ3n) is 0.249. The van der Waals surface area contributed by atoms with Gasteiger partial charge in [-0.15, -0.1) is 6.58 Å². The van der Waals surface area contributed by atoms with Crippen LogP contribution in [0.25, 0.3) is 0 Å². The fourth-order valence-electron chi connectivity index (χ4n) is 0.117. The van der Waals surface area contributed by atoms with Gasteiger partial charge in [-0.25, -0.2) is 0 Å². The van der Waals surface area contributed by atoms with Crippen molar-refractivity contribution in [3.05, 3.63) is 25.5 Å². The Morgan fingerprint density at radius 3 is 1.89 bits per heavy atom. The van der Waals surface area contributed by atoms with Crippen molar-refractivity contribution in [1.29, 1.82) is 0 Å². The average Bonchev–Trinajstić information content (AvgIpc) is 1.67. The lowest BCUT2D eigenvalue weighted by Crippen LogP contribution is -1.87. The van der Waals surface area contributed by atoms with Crippen molar-refractivity contribution < 1.29 is 9.53 Å². The van der Waals surface area contributed by atoms with Crippen molar-refractivity contribution in [2.45, 2.75) is 13.8 Å². The molecule has 9 heavy (non-hydrogen) atoms. The second-order valence-electron chi connectivity index (χ2n) is 1.18. The van der Waals surface area contributed by atoms with Crippen molar-refractivity contribution in [1.82, 2.24) is 0 Å². The van der Waals surface area contributed by atoms with Gasteiger partial charge in [-0.05, 0) is 6.92 Å². The lowest BCUT2D eigenvalue weighted by Gasteiger charge is -1.83. The molecule has 0 aromatic rings. The molecule has 0 aliphatic carbocycles. The van der Waals surface area contributed by atoms with E-state index in [9.17, 15) is 4.79 Å². The van der Waals surface area contributed by atoms with Crippen LogP contribution in [0.15, 0.2) is 25.5 Å². The molecule has 0 fully saturated rings. The molecule has 0 rings (SSSR count). The van der Waals surface area contributed by atoms with E-state index in [2.05, 4.69) is 17.9 Å². The number of ether oxygens (including phenoxy) is 1. The molecule has 0 saturated heterocycles. The Morgan fingerprint density at radius 2 is 1.89 bits per heavy atom. The lowest BCUT2D eigenvalue weighted by molar-refractivity contribution is -0.135. The van der Waals surface area contributed by atoms with Crippen LogP contribution in [0.4, 0.5) is 0 Å². The number of carbonyl (C=O) groups excluding carboxylic acids is 1. The van der Waals surface area contributed by atoms with Crippen molar-refractivity contribution in [2.75, 3.05) is 0 Å². The molecule has 2 heteroatoms. The first-order valence-electron chi connectivity index (χ1n) is 2.54. The summed E-state index contributed by atoms with van der Waals surface area (Å²) in [6.07, 6.45) is 2.85. The van der Waals surface area contributed by atoms with Crippen LogP contribution in [0.5, 0.6) is 0 Å². The molecule has 0 aliphatic heterocycles. The van der Waals surface area contributed by atoms with Gasteiger partial charge in [0.25, 0.3) is 0 Å². The maximum Gasteiger partial charge on any atom is 0.307 e. The van der Waals surface area contributed by atoms with Gasteiger partial charge < -0.3 is 4.74 Å². The molecule has 0 unspecified atom stereocenters. The molecular formula is C7H12O2. The predicted octanol–water partition coefficient (Wildman–Crippen LogP) is 1.89. The third-order valence-corrected chi connectivity index (χ3v) is 0.249. The second-order valence-corrected chi connectivity index (χ2v) is 1.18. The van der Waals surface area contributed by atoms with E-state index in [1.807, 2.05) is 6.92 Å². The largest absolute Gasteiger partial charge is 0.435 e. The molecule has 52 valence electrons. The molecule has 2 nitrogen and oxygen atoms in total. The SMILES string of the molecule is C=CC.C=COC(C)=O. The summed E-state index contributed by atoms with van der Waals surface area (Å²) in [4.78, 5) is 9.75. The van der Waals surface area contributed by atoms with E-state index in [-0.39, 0.29) is 5.97 Å². The van der Waals surface area contributed by atoms with Gasteiger partial charge in [0.05, 0.1) is 6.26 Å². The van der Waals surface area contributed by atoms with Crippen LogP contribution in [0, 0.1) is 0 Å². The molecule has 0 aliphatic rings. The Kier molecular flexibility index (Phi) is 12.1. The van der Waals surface area contributed by atoms with E-state index in [4.69, 9.17) is 0 Å². The maximum atomic E-state index is 9.75. The number of hydrogen-bond donors (Lipinski definition) is 0. The lowest BCUT2D eigenvalue weighted by atomic mass is 10.8. The summed E-state index contributed by atoms with van der Waals surface area (Å²) in [5, 5.41) is 0. The Bertz CT molecular complexity index is 95.1. The van der Waals surface area contributed by atoms with Gasteiger partial charge in [-0.2, -0.15) is 0 Å². The molecule has 0 N–H and O–H groups in total. The molecule has 0 heterocycles. The Labute approximate surface area is 55.8 Å². The Balaban J connectivity index is 0. The van der Waals surface area contributed by atoms with Gasteiger partial charge in [0, 0.05) is 6.92 Å². The predicted molar refractivity (Wildman–Crippen MR) is 37.8 cm³/mol. The quantitative estimate of drug-likeness (QED) is 0.306. The number of hydrogen-bond acceptors (Lipinski definition) is 2. The summed E-state index contributed by atoms with van der Waals surface area (Å²) >= 11 is 0. The molecule has 0 saturated carbocycles. The molecule has 0 amide bonds. The van der Waals surface area contributed by atoms with E-state index < -0.39 is 0 Å². The van der Waals surface area contributed by atoms with Crippen molar-refractivity contribution in [2.24, 2.45) is 0 Å². The minimum absolute atomic E-state index is 0.329. The molecule has 0 spiro atoms. The minimum atomic E-state index is -0.329. The highest BCUT2D eigenvalue weighted by Crippen LogP contribution is 1.70. The van der Waals surface area contributed by atoms with Crippen molar-refractivity contribution >= 4 is 5.97 Å². The Hall–Kier alpha value is -1.05. The van der Waals surface area contributed by atoms with Crippen LogP contribution in [0.1, 0.15) is 13.8 Å². The topological polar surface area (TPSA) is 26.3 Å². The summed E-state index contributed by atoms with van der Waals surface area (Å²) in [6.45, 7) is 9.73. The highest BCUT2D eigenvalue weighted by atomic mass is 16.5.